The molecule has 1 aliphatic carbocycles. The summed E-state index contributed by atoms with van der Waals surface area (Å²) in [6, 6.07) is 66.3. The van der Waals surface area contributed by atoms with Gasteiger partial charge in [-0.1, -0.05) is 188 Å². The number of fused-ring (bicyclic) bond motifs is 3. The third-order valence-corrected chi connectivity index (χ3v) is 9.64. The van der Waals surface area contributed by atoms with Crippen molar-refractivity contribution >= 4 is 0 Å². The van der Waals surface area contributed by atoms with Gasteiger partial charge in [0.2, 0.25) is 0 Å². The molecule has 9 rings (SSSR count). The largest absolute Gasteiger partial charge is 0.208 e. The van der Waals surface area contributed by atoms with Crippen molar-refractivity contribution in [3.63, 3.8) is 0 Å². The number of nitrogens with zero attached hydrogens (tertiary/aromatic N) is 3. The van der Waals surface area contributed by atoms with Crippen LogP contribution < -0.4 is 0 Å². The molecule has 0 fully saturated rings. The normalized spacial score (nSPS) is 12.7. The molecule has 0 amide bonds. The summed E-state index contributed by atoms with van der Waals surface area (Å²) in [5, 5.41) is 0. The molecule has 7 aromatic carbocycles. The highest BCUT2D eigenvalue weighted by atomic mass is 15.0. The van der Waals surface area contributed by atoms with Crippen LogP contribution in [0.25, 0.3) is 56.4 Å². The van der Waals surface area contributed by atoms with Gasteiger partial charge in [-0.05, 0) is 44.5 Å². The van der Waals surface area contributed by atoms with Gasteiger partial charge in [0.25, 0.3) is 0 Å². The Morgan fingerprint density at radius 1 is 0.286 bits per heavy atom. The summed E-state index contributed by atoms with van der Waals surface area (Å²) in [4.78, 5) is 15.2. The molecular formula is C46H31N3. The zero-order chi connectivity index (χ0) is 32.6. The topological polar surface area (TPSA) is 38.7 Å². The number of hydrogen-bond acceptors (Lipinski definition) is 3. The fourth-order valence-electron chi connectivity index (χ4n) is 7.56. The highest BCUT2D eigenvalue weighted by Gasteiger charge is 2.46. The number of aromatic nitrogens is 3. The Bertz CT molecular complexity index is 2320. The quantitative estimate of drug-likeness (QED) is 0.185. The Hall–Kier alpha value is -6.45. The van der Waals surface area contributed by atoms with E-state index in [9.17, 15) is 0 Å². The van der Waals surface area contributed by atoms with Gasteiger partial charge in [0.05, 0.1) is 5.41 Å². The molecule has 0 saturated heterocycles. The molecule has 1 heterocycles. The van der Waals surface area contributed by atoms with E-state index < -0.39 is 5.41 Å². The maximum absolute atomic E-state index is 5.12. The van der Waals surface area contributed by atoms with Crippen LogP contribution >= 0.6 is 0 Å². The number of rotatable bonds is 6. The van der Waals surface area contributed by atoms with Crippen LogP contribution in [-0.2, 0) is 5.41 Å². The van der Waals surface area contributed by atoms with E-state index in [1.165, 1.54) is 33.4 Å². The summed E-state index contributed by atoms with van der Waals surface area (Å²) < 4.78 is 0. The fourth-order valence-corrected chi connectivity index (χ4v) is 7.56. The lowest BCUT2D eigenvalue weighted by atomic mass is 9.67. The first-order valence-corrected chi connectivity index (χ1v) is 16.6. The van der Waals surface area contributed by atoms with Crippen molar-refractivity contribution in [2.75, 3.05) is 0 Å². The molecule has 8 aromatic rings. The Morgan fingerprint density at radius 2 is 0.694 bits per heavy atom. The first kappa shape index (κ1) is 28.7. The molecule has 0 aliphatic heterocycles. The van der Waals surface area contributed by atoms with E-state index in [1.807, 2.05) is 60.7 Å². The average molecular weight is 626 g/mol. The predicted molar refractivity (Wildman–Crippen MR) is 199 cm³/mol. The lowest BCUT2D eigenvalue weighted by Gasteiger charge is -2.34. The molecule has 0 bridgehead atoms. The standard InChI is InChI=1S/C46H31N3/c1-5-18-32(19-6-1)43-47-44(33-20-7-2-8-21-33)49-45(48-43)38-27-14-13-26-36(38)37-29-17-31-41-42(37)39-28-15-16-30-40(39)46(41,34-22-9-3-10-23-34)35-24-11-4-12-25-35/h1-31H. The second-order valence-electron chi connectivity index (χ2n) is 12.3. The van der Waals surface area contributed by atoms with E-state index in [0.29, 0.717) is 17.5 Å². The summed E-state index contributed by atoms with van der Waals surface area (Å²) in [7, 11) is 0. The van der Waals surface area contributed by atoms with Crippen LogP contribution in [0.15, 0.2) is 188 Å². The summed E-state index contributed by atoms with van der Waals surface area (Å²) in [5.74, 6) is 1.94. The van der Waals surface area contributed by atoms with Crippen molar-refractivity contribution in [2.24, 2.45) is 0 Å². The molecule has 0 radical (unpaired) electrons. The Morgan fingerprint density at radius 3 is 1.27 bits per heavy atom. The van der Waals surface area contributed by atoms with Gasteiger partial charge in [-0.2, -0.15) is 0 Å². The van der Waals surface area contributed by atoms with Crippen molar-refractivity contribution in [3.8, 4) is 56.4 Å². The molecule has 3 nitrogen and oxygen atoms in total. The summed E-state index contributed by atoms with van der Waals surface area (Å²) >= 11 is 0. The van der Waals surface area contributed by atoms with Gasteiger partial charge in [-0.15, -0.1) is 0 Å². The number of benzene rings is 7. The minimum atomic E-state index is -0.479. The Kier molecular flexibility index (Phi) is 7.02. The third-order valence-electron chi connectivity index (χ3n) is 9.64. The monoisotopic (exact) mass is 625 g/mol. The van der Waals surface area contributed by atoms with Gasteiger partial charge in [-0.3, -0.25) is 0 Å². The van der Waals surface area contributed by atoms with Gasteiger partial charge >= 0.3 is 0 Å². The van der Waals surface area contributed by atoms with Crippen LogP contribution in [0.4, 0.5) is 0 Å². The lowest BCUT2D eigenvalue weighted by molar-refractivity contribution is 0.768. The first-order chi connectivity index (χ1) is 24.3. The maximum Gasteiger partial charge on any atom is 0.164 e. The van der Waals surface area contributed by atoms with Crippen LogP contribution in [0.3, 0.4) is 0 Å². The van der Waals surface area contributed by atoms with Gasteiger partial charge in [0, 0.05) is 16.7 Å². The predicted octanol–water partition coefficient (Wildman–Crippen LogP) is 10.9. The zero-order valence-corrected chi connectivity index (χ0v) is 26.7. The second-order valence-corrected chi connectivity index (χ2v) is 12.3. The van der Waals surface area contributed by atoms with Crippen molar-refractivity contribution in [3.05, 3.63) is 210 Å². The third kappa shape index (κ3) is 4.70. The van der Waals surface area contributed by atoms with Crippen LogP contribution in [-0.4, -0.2) is 15.0 Å². The van der Waals surface area contributed by atoms with Gasteiger partial charge in [-0.25, -0.2) is 15.0 Å². The molecule has 0 spiro atoms. The molecule has 0 N–H and O–H groups in total. The van der Waals surface area contributed by atoms with Crippen molar-refractivity contribution in [1.29, 1.82) is 0 Å². The van der Waals surface area contributed by atoms with Crippen molar-refractivity contribution < 1.29 is 0 Å². The summed E-state index contributed by atoms with van der Waals surface area (Å²) in [5.41, 5.74) is 12.1. The minimum absolute atomic E-state index is 0.479. The summed E-state index contributed by atoms with van der Waals surface area (Å²) in [6.07, 6.45) is 0. The Balaban J connectivity index is 1.32. The molecule has 0 unspecified atom stereocenters. The van der Waals surface area contributed by atoms with Gasteiger partial charge in [0.1, 0.15) is 0 Å². The van der Waals surface area contributed by atoms with Crippen LogP contribution in [0.5, 0.6) is 0 Å². The van der Waals surface area contributed by atoms with Crippen LogP contribution in [0.2, 0.25) is 0 Å². The zero-order valence-electron chi connectivity index (χ0n) is 26.7. The van der Waals surface area contributed by atoms with Gasteiger partial charge < -0.3 is 0 Å². The smallest absolute Gasteiger partial charge is 0.164 e. The van der Waals surface area contributed by atoms with Crippen molar-refractivity contribution in [2.45, 2.75) is 5.41 Å². The Labute approximate surface area is 286 Å². The van der Waals surface area contributed by atoms with Gasteiger partial charge in [0.15, 0.2) is 17.5 Å². The van der Waals surface area contributed by atoms with Crippen LogP contribution in [0.1, 0.15) is 22.3 Å². The minimum Gasteiger partial charge on any atom is -0.208 e. The summed E-state index contributed by atoms with van der Waals surface area (Å²) in [6.45, 7) is 0. The maximum atomic E-state index is 5.12. The van der Waals surface area contributed by atoms with E-state index in [-0.39, 0.29) is 0 Å². The highest BCUT2D eigenvalue weighted by molar-refractivity contribution is 5.98. The first-order valence-electron chi connectivity index (χ1n) is 16.6. The molecule has 230 valence electrons. The van der Waals surface area contributed by atoms with E-state index in [4.69, 9.17) is 15.0 Å². The molecule has 3 heteroatoms. The van der Waals surface area contributed by atoms with E-state index in [1.54, 1.807) is 0 Å². The molecule has 0 saturated carbocycles. The molecule has 1 aromatic heterocycles. The average Bonchev–Trinajstić information content (AvgIpc) is 3.50. The molecular weight excluding hydrogens is 595 g/mol. The molecule has 0 atom stereocenters. The molecule has 1 aliphatic rings. The van der Waals surface area contributed by atoms with Crippen LogP contribution in [0, 0.1) is 0 Å². The number of hydrogen-bond donors (Lipinski definition) is 0. The van der Waals surface area contributed by atoms with E-state index >= 15 is 0 Å². The van der Waals surface area contributed by atoms with Crippen molar-refractivity contribution in [1.82, 2.24) is 15.0 Å². The van der Waals surface area contributed by atoms with E-state index in [2.05, 4.69) is 127 Å². The highest BCUT2D eigenvalue weighted by Crippen LogP contribution is 2.58. The molecule has 49 heavy (non-hydrogen) atoms. The lowest BCUT2D eigenvalue weighted by Crippen LogP contribution is -2.28. The second kappa shape index (κ2) is 12.0. The SMILES string of the molecule is c1ccc(-c2nc(-c3ccccc3)nc(-c3ccccc3-c3cccc4c3-c3ccccc3C4(c3ccccc3)c3ccccc3)n2)cc1. The fraction of sp³-hybridized carbons (Fsp3) is 0.0217. The van der Waals surface area contributed by atoms with E-state index in [0.717, 1.165) is 27.8 Å².